The third kappa shape index (κ3) is 3.00. The molecule has 0 aliphatic carbocycles. The average molecular weight is 274 g/mol. The zero-order chi connectivity index (χ0) is 13.8. The summed E-state index contributed by atoms with van der Waals surface area (Å²) in [6.45, 7) is 0. The lowest BCUT2D eigenvalue weighted by atomic mass is 10.1. The SMILES string of the molecule is CSc1ccccc1NC(=O)c1cc(O)ccc1N. The minimum absolute atomic E-state index is 0.0116. The van der Waals surface area contributed by atoms with Gasteiger partial charge in [0.1, 0.15) is 5.75 Å². The zero-order valence-electron chi connectivity index (χ0n) is 10.4. The van der Waals surface area contributed by atoms with Gasteiger partial charge in [-0.3, -0.25) is 4.79 Å². The van der Waals surface area contributed by atoms with Crippen LogP contribution in [-0.4, -0.2) is 17.3 Å². The Balaban J connectivity index is 2.28. The fourth-order valence-corrected chi connectivity index (χ4v) is 2.23. The van der Waals surface area contributed by atoms with Crippen LogP contribution in [0.1, 0.15) is 10.4 Å². The molecule has 98 valence electrons. The van der Waals surface area contributed by atoms with Crippen LogP contribution in [0.15, 0.2) is 47.4 Å². The summed E-state index contributed by atoms with van der Waals surface area (Å²) in [5.74, 6) is -0.326. The Labute approximate surface area is 115 Å². The number of carbonyl (C=O) groups is 1. The second kappa shape index (κ2) is 5.67. The van der Waals surface area contributed by atoms with Crippen molar-refractivity contribution in [1.82, 2.24) is 0 Å². The van der Waals surface area contributed by atoms with Crippen LogP contribution in [0.3, 0.4) is 0 Å². The molecule has 0 aromatic heterocycles. The topological polar surface area (TPSA) is 75.3 Å². The van der Waals surface area contributed by atoms with Gasteiger partial charge >= 0.3 is 0 Å². The summed E-state index contributed by atoms with van der Waals surface area (Å²) in [5.41, 5.74) is 7.05. The Kier molecular flexibility index (Phi) is 3.97. The monoisotopic (exact) mass is 274 g/mol. The van der Waals surface area contributed by atoms with Gasteiger partial charge in [-0.1, -0.05) is 12.1 Å². The molecular formula is C14H14N2O2S. The number of thioether (sulfide) groups is 1. The van der Waals surface area contributed by atoms with Gasteiger partial charge in [0.25, 0.3) is 5.91 Å². The summed E-state index contributed by atoms with van der Waals surface area (Å²) in [5, 5.41) is 12.2. The van der Waals surface area contributed by atoms with Crippen LogP contribution in [0.25, 0.3) is 0 Å². The molecule has 1 amide bonds. The van der Waals surface area contributed by atoms with E-state index in [-0.39, 0.29) is 17.2 Å². The van der Waals surface area contributed by atoms with E-state index in [1.807, 2.05) is 30.5 Å². The van der Waals surface area contributed by atoms with E-state index in [1.54, 1.807) is 11.8 Å². The number of phenols is 1. The molecule has 0 saturated heterocycles. The first kappa shape index (κ1) is 13.3. The Morgan fingerprint density at radius 1 is 1.26 bits per heavy atom. The van der Waals surface area contributed by atoms with Gasteiger partial charge in [0.2, 0.25) is 0 Å². The third-order valence-corrected chi connectivity index (χ3v) is 3.43. The summed E-state index contributed by atoms with van der Waals surface area (Å²) in [6, 6.07) is 11.8. The molecule has 0 atom stereocenters. The number of hydrogen-bond donors (Lipinski definition) is 3. The fourth-order valence-electron chi connectivity index (χ4n) is 1.68. The van der Waals surface area contributed by atoms with Crippen LogP contribution < -0.4 is 11.1 Å². The maximum absolute atomic E-state index is 12.1. The fraction of sp³-hybridized carbons (Fsp3) is 0.0714. The maximum Gasteiger partial charge on any atom is 0.257 e. The normalized spacial score (nSPS) is 10.2. The number of para-hydroxylation sites is 1. The van der Waals surface area contributed by atoms with E-state index in [2.05, 4.69) is 5.32 Å². The van der Waals surface area contributed by atoms with Crippen molar-refractivity contribution in [3.63, 3.8) is 0 Å². The van der Waals surface area contributed by atoms with Crippen LogP contribution in [0.2, 0.25) is 0 Å². The van der Waals surface area contributed by atoms with Crippen molar-refractivity contribution in [1.29, 1.82) is 0 Å². The van der Waals surface area contributed by atoms with E-state index < -0.39 is 0 Å². The second-order valence-corrected chi connectivity index (χ2v) is 4.77. The molecule has 0 bridgehead atoms. The van der Waals surface area contributed by atoms with Gasteiger partial charge in [-0.25, -0.2) is 0 Å². The van der Waals surface area contributed by atoms with Crippen molar-refractivity contribution < 1.29 is 9.90 Å². The lowest BCUT2D eigenvalue weighted by Gasteiger charge is -2.10. The molecule has 0 unspecified atom stereocenters. The number of amides is 1. The van der Waals surface area contributed by atoms with Crippen molar-refractivity contribution in [2.24, 2.45) is 0 Å². The van der Waals surface area contributed by atoms with Crippen molar-refractivity contribution in [2.45, 2.75) is 4.90 Å². The first-order valence-corrected chi connectivity index (χ1v) is 6.87. The number of hydrogen-bond acceptors (Lipinski definition) is 4. The van der Waals surface area contributed by atoms with Gasteiger partial charge in [0.15, 0.2) is 0 Å². The quantitative estimate of drug-likeness (QED) is 0.457. The molecule has 0 heterocycles. The lowest BCUT2D eigenvalue weighted by Crippen LogP contribution is -2.14. The molecule has 2 rings (SSSR count). The van der Waals surface area contributed by atoms with Crippen LogP contribution in [-0.2, 0) is 0 Å². The highest BCUT2D eigenvalue weighted by Crippen LogP contribution is 2.26. The predicted octanol–water partition coefficient (Wildman–Crippen LogP) is 2.95. The molecule has 2 aromatic carbocycles. The maximum atomic E-state index is 12.1. The number of nitrogens with one attached hydrogen (secondary N) is 1. The largest absolute Gasteiger partial charge is 0.508 e. The van der Waals surface area contributed by atoms with E-state index in [4.69, 9.17) is 5.73 Å². The Morgan fingerprint density at radius 2 is 2.00 bits per heavy atom. The molecule has 0 aliphatic rings. The highest BCUT2D eigenvalue weighted by Gasteiger charge is 2.12. The number of anilines is 2. The van der Waals surface area contributed by atoms with E-state index >= 15 is 0 Å². The van der Waals surface area contributed by atoms with E-state index in [0.717, 1.165) is 10.6 Å². The van der Waals surface area contributed by atoms with Crippen molar-refractivity contribution >= 4 is 29.0 Å². The predicted molar refractivity (Wildman–Crippen MR) is 78.7 cm³/mol. The number of carbonyl (C=O) groups excluding carboxylic acids is 1. The number of phenolic OH excluding ortho intramolecular Hbond substituents is 1. The van der Waals surface area contributed by atoms with Gasteiger partial charge in [-0.15, -0.1) is 11.8 Å². The molecular weight excluding hydrogens is 260 g/mol. The Morgan fingerprint density at radius 3 is 2.74 bits per heavy atom. The first-order valence-electron chi connectivity index (χ1n) is 5.64. The van der Waals surface area contributed by atoms with Gasteiger partial charge < -0.3 is 16.2 Å². The standard InChI is InChI=1S/C14H14N2O2S/c1-19-13-5-3-2-4-12(13)16-14(18)10-8-9(17)6-7-11(10)15/h2-8,17H,15H2,1H3,(H,16,18). The molecule has 0 saturated carbocycles. The number of rotatable bonds is 3. The van der Waals surface area contributed by atoms with E-state index in [0.29, 0.717) is 5.69 Å². The van der Waals surface area contributed by atoms with E-state index in [1.165, 1.54) is 18.2 Å². The van der Waals surface area contributed by atoms with Crippen LogP contribution in [0.4, 0.5) is 11.4 Å². The molecule has 0 radical (unpaired) electrons. The Hall–Kier alpha value is -2.14. The zero-order valence-corrected chi connectivity index (χ0v) is 11.2. The average Bonchev–Trinajstić information content (AvgIpc) is 2.42. The number of benzene rings is 2. The summed E-state index contributed by atoms with van der Waals surface area (Å²) < 4.78 is 0. The van der Waals surface area contributed by atoms with Crippen molar-refractivity contribution in [3.05, 3.63) is 48.0 Å². The summed E-state index contributed by atoms with van der Waals surface area (Å²) >= 11 is 1.54. The number of nitrogens with two attached hydrogens (primary N) is 1. The molecule has 4 N–H and O–H groups in total. The third-order valence-electron chi connectivity index (χ3n) is 2.64. The Bertz CT molecular complexity index is 614. The lowest BCUT2D eigenvalue weighted by molar-refractivity contribution is 0.102. The van der Waals surface area contributed by atoms with E-state index in [9.17, 15) is 9.90 Å². The molecule has 4 nitrogen and oxygen atoms in total. The van der Waals surface area contributed by atoms with Crippen molar-refractivity contribution in [3.8, 4) is 5.75 Å². The molecule has 0 aliphatic heterocycles. The summed E-state index contributed by atoms with van der Waals surface area (Å²) in [7, 11) is 0. The van der Waals surface area contributed by atoms with Gasteiger partial charge in [-0.2, -0.15) is 0 Å². The minimum atomic E-state index is -0.338. The molecule has 19 heavy (non-hydrogen) atoms. The van der Waals surface area contributed by atoms with Gasteiger partial charge in [-0.05, 0) is 36.6 Å². The van der Waals surface area contributed by atoms with Gasteiger partial charge in [0.05, 0.1) is 11.3 Å². The number of aromatic hydroxyl groups is 1. The van der Waals surface area contributed by atoms with Crippen molar-refractivity contribution in [2.75, 3.05) is 17.3 Å². The molecule has 0 spiro atoms. The highest BCUT2D eigenvalue weighted by atomic mass is 32.2. The molecule has 5 heteroatoms. The van der Waals surface area contributed by atoms with Crippen LogP contribution in [0.5, 0.6) is 5.75 Å². The van der Waals surface area contributed by atoms with Crippen LogP contribution >= 0.6 is 11.8 Å². The number of nitrogen functional groups attached to an aromatic ring is 1. The summed E-state index contributed by atoms with van der Waals surface area (Å²) in [6.07, 6.45) is 1.94. The first-order chi connectivity index (χ1) is 9.11. The second-order valence-electron chi connectivity index (χ2n) is 3.93. The van der Waals surface area contributed by atoms with Crippen LogP contribution in [0, 0.1) is 0 Å². The molecule has 0 fully saturated rings. The smallest absolute Gasteiger partial charge is 0.257 e. The minimum Gasteiger partial charge on any atom is -0.508 e. The van der Waals surface area contributed by atoms with Gasteiger partial charge in [0, 0.05) is 10.6 Å². The summed E-state index contributed by atoms with van der Waals surface area (Å²) in [4.78, 5) is 13.1. The highest BCUT2D eigenvalue weighted by molar-refractivity contribution is 7.98. The molecule has 2 aromatic rings.